The summed E-state index contributed by atoms with van der Waals surface area (Å²) in [5.41, 5.74) is 1.33. The Balaban J connectivity index is 1.20. The lowest BCUT2D eigenvalue weighted by Crippen LogP contribution is -2.57. The van der Waals surface area contributed by atoms with Gasteiger partial charge in [-0.3, -0.25) is 4.79 Å². The van der Waals surface area contributed by atoms with E-state index in [1.807, 2.05) is 11.0 Å². The summed E-state index contributed by atoms with van der Waals surface area (Å²) in [6, 6.07) is 15.0. The number of ether oxygens (including phenoxy) is 2. The van der Waals surface area contributed by atoms with Crippen molar-refractivity contribution in [2.24, 2.45) is 5.92 Å². The van der Waals surface area contributed by atoms with Gasteiger partial charge >= 0.3 is 0 Å². The van der Waals surface area contributed by atoms with Gasteiger partial charge in [-0.25, -0.2) is 12.8 Å². The summed E-state index contributed by atoms with van der Waals surface area (Å²) in [4.78, 5) is 14.6. The van der Waals surface area contributed by atoms with Gasteiger partial charge in [0.15, 0.2) is 0 Å². The Hall–Kier alpha value is -2.37. The van der Waals surface area contributed by atoms with Crippen molar-refractivity contribution >= 4 is 15.9 Å². The number of carbonyl (C=O) groups is 1. The summed E-state index contributed by atoms with van der Waals surface area (Å²) in [7, 11) is -4.23. The first-order valence-electron chi connectivity index (χ1n) is 13.8. The number of hydrogen-bond acceptors (Lipinski definition) is 6. The average Bonchev–Trinajstić information content (AvgIpc) is 2.92. The van der Waals surface area contributed by atoms with Crippen LogP contribution in [-0.4, -0.2) is 85.8 Å². The number of likely N-dealkylation sites (tertiary alicyclic amines) is 1. The molecule has 5 rings (SSSR count). The van der Waals surface area contributed by atoms with Gasteiger partial charge in [-0.2, -0.15) is 4.31 Å². The number of sulfonamides is 1. The Kier molecular flexibility index (Phi) is 8.98. The van der Waals surface area contributed by atoms with Crippen molar-refractivity contribution < 1.29 is 32.2 Å². The molecule has 1 amide bonds. The van der Waals surface area contributed by atoms with Crippen LogP contribution in [0.3, 0.4) is 0 Å². The maximum Gasteiger partial charge on any atom is 0.246 e. The predicted octanol–water partition coefficient (Wildman–Crippen LogP) is 3.00. The Labute approximate surface area is 229 Å². The van der Waals surface area contributed by atoms with Gasteiger partial charge in [-0.1, -0.05) is 42.5 Å². The highest BCUT2D eigenvalue weighted by Crippen LogP contribution is 2.32. The van der Waals surface area contributed by atoms with Crippen molar-refractivity contribution in [3.63, 3.8) is 0 Å². The van der Waals surface area contributed by atoms with E-state index in [0.29, 0.717) is 18.8 Å². The van der Waals surface area contributed by atoms with Crippen LogP contribution < -0.4 is 0 Å². The van der Waals surface area contributed by atoms with Crippen LogP contribution in [0.1, 0.15) is 37.7 Å². The van der Waals surface area contributed by atoms with Gasteiger partial charge in [0.05, 0.1) is 44.0 Å². The first-order valence-corrected chi connectivity index (χ1v) is 15.2. The summed E-state index contributed by atoms with van der Waals surface area (Å²) < 4.78 is 54.5. The lowest BCUT2D eigenvalue weighted by molar-refractivity contribution is -0.152. The van der Waals surface area contributed by atoms with Crippen LogP contribution in [0.25, 0.3) is 0 Å². The molecular formula is C29H37FN2O6S. The zero-order valence-corrected chi connectivity index (χ0v) is 22.8. The molecule has 39 heavy (non-hydrogen) atoms. The second-order valence-electron chi connectivity index (χ2n) is 10.9. The van der Waals surface area contributed by atoms with Gasteiger partial charge in [0.2, 0.25) is 15.9 Å². The van der Waals surface area contributed by atoms with Crippen LogP contribution in [0.15, 0.2) is 59.5 Å². The molecule has 2 aromatic carbocycles. The standard InChI is InChI=1S/C29H37FN2O6S/c30-25-8-4-5-9-28(25)39(35,36)32-18-23(33)19-37-20-27-26(32)11-10-24(38-27)17-29(34)31-14-12-22(13-15-31)16-21-6-2-1-3-7-21/h1-9,22-24,26-27,33H,10-20H2/t23-,24+,26-,27+/m1/s1. The van der Waals surface area contributed by atoms with Crippen LogP contribution in [0, 0.1) is 11.7 Å². The quantitative estimate of drug-likeness (QED) is 0.584. The summed E-state index contributed by atoms with van der Waals surface area (Å²) in [6.45, 7) is 1.26. The van der Waals surface area contributed by atoms with Crippen LogP contribution in [0.5, 0.6) is 0 Å². The molecule has 3 aliphatic heterocycles. The molecule has 1 N–H and O–H groups in total. The third-order valence-electron chi connectivity index (χ3n) is 8.09. The molecule has 0 unspecified atom stereocenters. The molecule has 3 saturated heterocycles. The van der Waals surface area contributed by atoms with E-state index < -0.39 is 39.0 Å². The van der Waals surface area contributed by atoms with Crippen LogP contribution in [0.4, 0.5) is 4.39 Å². The molecule has 212 valence electrons. The SMILES string of the molecule is O=C(C[C@@H]1CC[C@@H]2[C@H](COC[C@H](O)CN2S(=O)(=O)c2ccccc2F)O1)N1CCC(Cc2ccccc2)CC1. The van der Waals surface area contributed by atoms with E-state index in [9.17, 15) is 22.7 Å². The van der Waals surface area contributed by atoms with Gasteiger partial charge in [0.1, 0.15) is 10.7 Å². The molecule has 0 aromatic heterocycles. The number of amides is 1. The molecule has 2 aromatic rings. The molecule has 10 heteroatoms. The number of β-amino-alcohol motifs (C(OH)–C–C–N with tert-alkyl or cyclic N) is 1. The van der Waals surface area contributed by atoms with Crippen molar-refractivity contribution in [3.05, 3.63) is 66.0 Å². The third kappa shape index (κ3) is 6.69. The van der Waals surface area contributed by atoms with Crippen molar-refractivity contribution in [2.45, 2.75) is 67.8 Å². The second kappa shape index (κ2) is 12.4. The molecule has 0 saturated carbocycles. The maximum absolute atomic E-state index is 14.5. The minimum atomic E-state index is -4.23. The number of aliphatic hydroxyl groups is 1. The number of halogens is 1. The number of aliphatic hydroxyl groups excluding tert-OH is 1. The highest BCUT2D eigenvalue weighted by Gasteiger charge is 2.44. The Morgan fingerprint density at radius 2 is 1.69 bits per heavy atom. The lowest BCUT2D eigenvalue weighted by Gasteiger charge is -2.44. The third-order valence-corrected chi connectivity index (χ3v) is 10.0. The first kappa shape index (κ1) is 28.2. The monoisotopic (exact) mass is 560 g/mol. The normalized spacial score (nSPS) is 27.4. The average molecular weight is 561 g/mol. The number of carbonyl (C=O) groups excluding carboxylic acids is 1. The number of benzene rings is 2. The van der Waals surface area contributed by atoms with E-state index in [1.165, 1.54) is 28.1 Å². The summed E-state index contributed by atoms with van der Waals surface area (Å²) >= 11 is 0. The minimum Gasteiger partial charge on any atom is -0.389 e. The maximum atomic E-state index is 14.5. The van der Waals surface area contributed by atoms with Crippen LogP contribution in [0.2, 0.25) is 0 Å². The molecular weight excluding hydrogens is 523 g/mol. The fourth-order valence-electron chi connectivity index (χ4n) is 6.01. The van der Waals surface area contributed by atoms with E-state index in [1.54, 1.807) is 0 Å². The zero-order valence-electron chi connectivity index (χ0n) is 22.0. The highest BCUT2D eigenvalue weighted by atomic mass is 32.2. The molecule has 3 heterocycles. The van der Waals surface area contributed by atoms with E-state index in [-0.39, 0.29) is 38.2 Å². The van der Waals surface area contributed by atoms with Gasteiger partial charge in [0.25, 0.3) is 0 Å². The summed E-state index contributed by atoms with van der Waals surface area (Å²) in [5.74, 6) is -0.225. The second-order valence-corrected chi connectivity index (χ2v) is 12.7. The fraction of sp³-hybridized carbons (Fsp3) is 0.552. The number of piperidine rings is 1. The van der Waals surface area contributed by atoms with Crippen LogP contribution in [-0.2, 0) is 30.7 Å². The number of hydrogen-bond donors (Lipinski definition) is 1. The van der Waals surface area contributed by atoms with E-state index in [4.69, 9.17) is 9.47 Å². The lowest BCUT2D eigenvalue weighted by atomic mass is 9.90. The summed E-state index contributed by atoms with van der Waals surface area (Å²) in [6.07, 6.45) is 2.08. The Bertz CT molecular complexity index is 1220. The molecule has 8 nitrogen and oxygen atoms in total. The van der Waals surface area contributed by atoms with Gasteiger partial charge in [-0.15, -0.1) is 0 Å². The zero-order chi connectivity index (χ0) is 27.4. The van der Waals surface area contributed by atoms with Crippen molar-refractivity contribution in [3.8, 4) is 0 Å². The van der Waals surface area contributed by atoms with E-state index >= 15 is 0 Å². The number of fused-ring (bicyclic) bond motifs is 1. The van der Waals surface area contributed by atoms with Gasteiger partial charge < -0.3 is 19.5 Å². The van der Waals surface area contributed by atoms with Crippen molar-refractivity contribution in [2.75, 3.05) is 32.8 Å². The van der Waals surface area contributed by atoms with E-state index in [0.717, 1.165) is 38.4 Å². The largest absolute Gasteiger partial charge is 0.389 e. The highest BCUT2D eigenvalue weighted by molar-refractivity contribution is 7.89. The van der Waals surface area contributed by atoms with Gasteiger partial charge in [0, 0.05) is 19.6 Å². The molecule has 0 spiro atoms. The molecule has 0 radical (unpaired) electrons. The minimum absolute atomic E-state index is 0.0506. The van der Waals surface area contributed by atoms with Crippen molar-refractivity contribution in [1.29, 1.82) is 0 Å². The first-order chi connectivity index (χ1) is 18.8. The Morgan fingerprint density at radius 3 is 2.44 bits per heavy atom. The van der Waals surface area contributed by atoms with Crippen LogP contribution >= 0.6 is 0 Å². The fourth-order valence-corrected chi connectivity index (χ4v) is 7.79. The number of rotatable bonds is 6. The number of nitrogens with zero attached hydrogens (tertiary/aromatic N) is 2. The molecule has 3 aliphatic rings. The molecule has 4 atom stereocenters. The molecule has 0 bridgehead atoms. The molecule has 3 fully saturated rings. The van der Waals surface area contributed by atoms with Crippen molar-refractivity contribution in [1.82, 2.24) is 9.21 Å². The predicted molar refractivity (Wildman–Crippen MR) is 143 cm³/mol. The van der Waals surface area contributed by atoms with Gasteiger partial charge in [-0.05, 0) is 55.7 Å². The Morgan fingerprint density at radius 1 is 0.974 bits per heavy atom. The summed E-state index contributed by atoms with van der Waals surface area (Å²) in [5, 5.41) is 10.4. The molecule has 0 aliphatic carbocycles. The topological polar surface area (TPSA) is 96.4 Å². The van der Waals surface area contributed by atoms with E-state index in [2.05, 4.69) is 24.3 Å². The smallest absolute Gasteiger partial charge is 0.246 e.